The summed E-state index contributed by atoms with van der Waals surface area (Å²) < 4.78 is 24.7. The van der Waals surface area contributed by atoms with Gasteiger partial charge in [0, 0.05) is 5.56 Å². The minimum absolute atomic E-state index is 0.732. The van der Waals surface area contributed by atoms with E-state index in [4.69, 9.17) is 18.6 Å². The SMILES string of the molecule is COc1ccc(-c2cc(=[N+]3CCOCC3)c3cc(OC)ccc3o2)cc1. The molecule has 26 heavy (non-hydrogen) atoms. The van der Waals surface area contributed by atoms with Crippen molar-refractivity contribution in [2.24, 2.45) is 0 Å². The molecule has 134 valence electrons. The molecule has 1 saturated heterocycles. The Bertz CT molecular complexity index is 981. The quantitative estimate of drug-likeness (QED) is 0.680. The maximum atomic E-state index is 6.20. The van der Waals surface area contributed by atoms with Gasteiger partial charge in [0.1, 0.15) is 36.1 Å². The van der Waals surface area contributed by atoms with Crippen molar-refractivity contribution in [1.82, 2.24) is 4.58 Å². The molecule has 5 nitrogen and oxygen atoms in total. The molecule has 0 spiro atoms. The number of benzene rings is 2. The minimum atomic E-state index is 0.732. The molecule has 0 bridgehead atoms. The molecule has 1 aliphatic heterocycles. The second kappa shape index (κ2) is 7.22. The van der Waals surface area contributed by atoms with E-state index in [1.54, 1.807) is 14.2 Å². The van der Waals surface area contributed by atoms with Crippen molar-refractivity contribution in [3.8, 4) is 22.8 Å². The van der Waals surface area contributed by atoms with E-state index in [2.05, 4.69) is 10.6 Å². The first-order valence-electron chi connectivity index (χ1n) is 8.70. The monoisotopic (exact) mass is 352 g/mol. The van der Waals surface area contributed by atoms with Gasteiger partial charge < -0.3 is 18.6 Å². The van der Waals surface area contributed by atoms with Crippen LogP contribution in [0.25, 0.3) is 22.3 Å². The lowest BCUT2D eigenvalue weighted by molar-refractivity contribution is 0.0967. The second-order valence-corrected chi connectivity index (χ2v) is 6.19. The fourth-order valence-corrected chi connectivity index (χ4v) is 3.24. The van der Waals surface area contributed by atoms with Gasteiger partial charge in [0.2, 0.25) is 5.36 Å². The van der Waals surface area contributed by atoms with E-state index in [1.807, 2.05) is 42.5 Å². The van der Waals surface area contributed by atoms with Crippen molar-refractivity contribution in [3.63, 3.8) is 0 Å². The van der Waals surface area contributed by atoms with E-state index in [0.717, 1.165) is 65.5 Å². The lowest BCUT2D eigenvalue weighted by Crippen LogP contribution is -2.40. The molecule has 5 heteroatoms. The van der Waals surface area contributed by atoms with Crippen LogP contribution in [0.15, 0.2) is 52.9 Å². The fourth-order valence-electron chi connectivity index (χ4n) is 3.24. The number of methoxy groups -OCH3 is 2. The molecule has 0 N–H and O–H groups in total. The number of fused-ring (bicyclic) bond motifs is 1. The van der Waals surface area contributed by atoms with Gasteiger partial charge in [0.25, 0.3) is 0 Å². The number of morpholine rings is 1. The average Bonchev–Trinajstić information content (AvgIpc) is 2.73. The van der Waals surface area contributed by atoms with E-state index >= 15 is 0 Å². The molecule has 1 fully saturated rings. The van der Waals surface area contributed by atoms with Crippen LogP contribution >= 0.6 is 0 Å². The van der Waals surface area contributed by atoms with E-state index in [0.29, 0.717) is 0 Å². The summed E-state index contributed by atoms with van der Waals surface area (Å²) in [6, 6.07) is 15.9. The Kier molecular flexibility index (Phi) is 4.63. The van der Waals surface area contributed by atoms with Gasteiger partial charge in [-0.25, -0.2) is 4.58 Å². The first-order chi connectivity index (χ1) is 12.8. The summed E-state index contributed by atoms with van der Waals surface area (Å²) in [5, 5.41) is 2.18. The fraction of sp³-hybridized carbons (Fsp3) is 0.286. The summed E-state index contributed by atoms with van der Waals surface area (Å²) in [5.74, 6) is 2.47. The summed E-state index contributed by atoms with van der Waals surface area (Å²) in [6.07, 6.45) is 0. The van der Waals surface area contributed by atoms with E-state index in [-0.39, 0.29) is 0 Å². The van der Waals surface area contributed by atoms with Crippen molar-refractivity contribution < 1.29 is 18.6 Å². The van der Waals surface area contributed by atoms with Crippen LogP contribution in [-0.4, -0.2) is 40.5 Å². The minimum Gasteiger partial charge on any atom is -0.497 e. The summed E-state index contributed by atoms with van der Waals surface area (Å²) in [7, 11) is 3.35. The standard InChI is InChI=1S/C21H22NO4/c1-23-16-5-3-15(4-6-16)21-14-19(22-9-11-25-12-10-22)18-13-17(24-2)7-8-20(18)26-21/h3-8,13-14H,9-12H2,1-2H3/q+1. The van der Waals surface area contributed by atoms with Gasteiger partial charge in [-0.3, -0.25) is 0 Å². The van der Waals surface area contributed by atoms with Crippen LogP contribution in [0.3, 0.4) is 0 Å². The predicted molar refractivity (Wildman–Crippen MR) is 101 cm³/mol. The third kappa shape index (κ3) is 3.18. The Morgan fingerprint density at radius 3 is 2.23 bits per heavy atom. The smallest absolute Gasteiger partial charge is 0.215 e. The first kappa shape index (κ1) is 16.7. The third-order valence-electron chi connectivity index (χ3n) is 4.68. The lowest BCUT2D eigenvalue weighted by Gasteiger charge is -2.12. The molecule has 0 aliphatic carbocycles. The highest BCUT2D eigenvalue weighted by Crippen LogP contribution is 2.26. The van der Waals surface area contributed by atoms with Crippen molar-refractivity contribution in [2.45, 2.75) is 0 Å². The molecule has 2 aromatic carbocycles. The molecule has 4 rings (SSSR count). The second-order valence-electron chi connectivity index (χ2n) is 6.19. The molecular weight excluding hydrogens is 330 g/mol. The molecule has 3 aromatic rings. The van der Waals surface area contributed by atoms with Gasteiger partial charge in [-0.1, -0.05) is 0 Å². The zero-order valence-corrected chi connectivity index (χ0v) is 15.0. The topological polar surface area (TPSA) is 43.8 Å². The van der Waals surface area contributed by atoms with Gasteiger partial charge >= 0.3 is 0 Å². The number of hydrogen-bond acceptors (Lipinski definition) is 4. The van der Waals surface area contributed by atoms with Crippen LogP contribution in [0.1, 0.15) is 0 Å². The Balaban J connectivity index is 1.95. The Morgan fingerprint density at radius 1 is 0.846 bits per heavy atom. The summed E-state index contributed by atoms with van der Waals surface area (Å²) in [6.45, 7) is 3.18. The molecule has 0 saturated carbocycles. The Labute approximate surface area is 152 Å². The average molecular weight is 352 g/mol. The zero-order chi connectivity index (χ0) is 17.9. The number of rotatable bonds is 3. The highest BCUT2D eigenvalue weighted by Gasteiger charge is 2.17. The van der Waals surface area contributed by atoms with Crippen LogP contribution in [0.4, 0.5) is 0 Å². The maximum Gasteiger partial charge on any atom is 0.215 e. The van der Waals surface area contributed by atoms with E-state index < -0.39 is 0 Å². The third-order valence-corrected chi connectivity index (χ3v) is 4.68. The van der Waals surface area contributed by atoms with Crippen LogP contribution in [0, 0.1) is 0 Å². The molecular formula is C21H22NO4+. The molecule has 0 amide bonds. The summed E-state index contributed by atoms with van der Waals surface area (Å²) in [4.78, 5) is 0. The van der Waals surface area contributed by atoms with Crippen LogP contribution < -0.4 is 19.4 Å². The normalized spacial score (nSPS) is 14.5. The number of ether oxygens (including phenoxy) is 3. The predicted octanol–water partition coefficient (Wildman–Crippen LogP) is 2.92. The maximum absolute atomic E-state index is 6.20. The van der Waals surface area contributed by atoms with Crippen LogP contribution in [-0.2, 0) is 4.74 Å². The Morgan fingerprint density at radius 2 is 1.54 bits per heavy atom. The molecule has 0 radical (unpaired) electrons. The zero-order valence-electron chi connectivity index (χ0n) is 15.0. The van der Waals surface area contributed by atoms with E-state index in [9.17, 15) is 0 Å². The molecule has 1 aliphatic rings. The number of nitrogens with zero attached hydrogens (tertiary/aromatic N) is 1. The van der Waals surface area contributed by atoms with Crippen molar-refractivity contribution in [1.29, 1.82) is 0 Å². The van der Waals surface area contributed by atoms with Crippen molar-refractivity contribution in [3.05, 3.63) is 53.9 Å². The van der Waals surface area contributed by atoms with Gasteiger partial charge in [-0.2, -0.15) is 0 Å². The molecule has 2 heterocycles. The van der Waals surface area contributed by atoms with Gasteiger partial charge in [0.15, 0.2) is 13.1 Å². The van der Waals surface area contributed by atoms with Gasteiger partial charge in [-0.15, -0.1) is 0 Å². The summed E-state index contributed by atoms with van der Waals surface area (Å²) in [5.41, 5.74) is 1.85. The number of hydrogen-bond donors (Lipinski definition) is 0. The Hall–Kier alpha value is -2.79. The van der Waals surface area contributed by atoms with Crippen molar-refractivity contribution in [2.75, 3.05) is 40.5 Å². The van der Waals surface area contributed by atoms with Gasteiger partial charge in [0.05, 0.1) is 25.7 Å². The van der Waals surface area contributed by atoms with Crippen LogP contribution in [0.2, 0.25) is 0 Å². The highest BCUT2D eigenvalue weighted by atomic mass is 16.5. The van der Waals surface area contributed by atoms with Crippen molar-refractivity contribution >= 4 is 11.0 Å². The molecule has 0 unspecified atom stereocenters. The first-order valence-corrected chi connectivity index (χ1v) is 8.70. The molecule has 1 aromatic heterocycles. The van der Waals surface area contributed by atoms with E-state index in [1.165, 1.54) is 0 Å². The lowest BCUT2D eigenvalue weighted by atomic mass is 10.1. The molecule has 0 atom stereocenters. The highest BCUT2D eigenvalue weighted by molar-refractivity contribution is 5.80. The largest absolute Gasteiger partial charge is 0.497 e. The van der Waals surface area contributed by atoms with Crippen LogP contribution in [0.5, 0.6) is 11.5 Å². The summed E-state index contributed by atoms with van der Waals surface area (Å²) >= 11 is 0. The van der Waals surface area contributed by atoms with Gasteiger partial charge in [-0.05, 0) is 42.5 Å².